The Balaban J connectivity index is 1.51. The fraction of sp³-hybridized carbons (Fsp3) is 0.400. The van der Waals surface area contributed by atoms with Crippen molar-refractivity contribution in [2.24, 2.45) is 4.99 Å². The van der Waals surface area contributed by atoms with Gasteiger partial charge in [0, 0.05) is 19.7 Å². The Hall–Kier alpha value is -3.12. The zero-order valence-corrected chi connectivity index (χ0v) is 17.0. The molecule has 2 aliphatic heterocycles. The van der Waals surface area contributed by atoms with E-state index in [-0.39, 0.29) is 18.1 Å². The summed E-state index contributed by atoms with van der Waals surface area (Å²) in [7, 11) is 3.62. The van der Waals surface area contributed by atoms with Crippen molar-refractivity contribution in [2.45, 2.75) is 30.8 Å². The highest BCUT2D eigenvalue weighted by molar-refractivity contribution is 5.71. The first-order valence-corrected chi connectivity index (χ1v) is 9.85. The number of ether oxygens (including phenoxy) is 3. The Labute approximate surface area is 176 Å². The minimum absolute atomic E-state index is 0.145. The predicted octanol–water partition coefficient (Wildman–Crippen LogP) is 0.713. The van der Waals surface area contributed by atoms with E-state index in [9.17, 15) is 9.90 Å². The van der Waals surface area contributed by atoms with Crippen LogP contribution >= 0.6 is 0 Å². The van der Waals surface area contributed by atoms with Gasteiger partial charge in [0.15, 0.2) is 23.7 Å². The van der Waals surface area contributed by atoms with Crippen LogP contribution in [0.5, 0.6) is 0 Å². The molecule has 0 amide bonds. The van der Waals surface area contributed by atoms with E-state index in [4.69, 9.17) is 14.2 Å². The van der Waals surface area contributed by atoms with Gasteiger partial charge in [0.25, 0.3) is 5.56 Å². The molecule has 1 unspecified atom stereocenters. The van der Waals surface area contributed by atoms with Gasteiger partial charge in [-0.2, -0.15) is 4.98 Å². The Bertz CT molecular complexity index is 1160. The number of aliphatic hydroxyl groups is 1. The molecule has 0 saturated carbocycles. The summed E-state index contributed by atoms with van der Waals surface area (Å²) >= 11 is 0. The van der Waals surface area contributed by atoms with E-state index < -0.39 is 36.4 Å². The summed E-state index contributed by atoms with van der Waals surface area (Å²) in [6, 6.07) is 9.56. The molecule has 4 heterocycles. The van der Waals surface area contributed by atoms with Gasteiger partial charge >= 0.3 is 0 Å². The van der Waals surface area contributed by atoms with Gasteiger partial charge in [-0.05, 0) is 0 Å². The molecule has 3 aromatic rings. The first-order chi connectivity index (χ1) is 15.0. The third-order valence-corrected chi connectivity index (χ3v) is 5.20. The smallest absolute Gasteiger partial charge is 0.280 e. The van der Waals surface area contributed by atoms with Crippen molar-refractivity contribution in [3.63, 3.8) is 0 Å². The maximum absolute atomic E-state index is 12.5. The van der Waals surface area contributed by atoms with Crippen LogP contribution in [0, 0.1) is 0 Å². The van der Waals surface area contributed by atoms with Gasteiger partial charge in [-0.3, -0.25) is 14.3 Å². The lowest BCUT2D eigenvalue weighted by Gasteiger charge is -2.20. The second-order valence-corrected chi connectivity index (χ2v) is 7.61. The van der Waals surface area contributed by atoms with E-state index in [0.717, 1.165) is 5.56 Å². The molecule has 5 rings (SSSR count). The second kappa shape index (κ2) is 7.85. The lowest BCUT2D eigenvalue weighted by Crippen LogP contribution is -2.30. The molecule has 2 N–H and O–H groups in total. The van der Waals surface area contributed by atoms with Gasteiger partial charge in [0.05, 0.1) is 19.3 Å². The zero-order valence-electron chi connectivity index (χ0n) is 17.0. The highest BCUT2D eigenvalue weighted by Gasteiger charge is 2.53. The van der Waals surface area contributed by atoms with Crippen molar-refractivity contribution in [1.82, 2.24) is 24.4 Å². The summed E-state index contributed by atoms with van der Waals surface area (Å²) < 4.78 is 19.9. The van der Waals surface area contributed by atoms with E-state index in [0.29, 0.717) is 5.65 Å². The normalized spacial score (nSPS) is 27.9. The number of aliphatic hydroxyl groups excluding tert-OH is 1. The van der Waals surface area contributed by atoms with Crippen molar-refractivity contribution in [2.75, 3.05) is 20.7 Å². The average Bonchev–Trinajstić information content (AvgIpc) is 3.46. The molecular weight excluding hydrogens is 404 g/mol. The number of hydrogen-bond donors (Lipinski definition) is 2. The van der Waals surface area contributed by atoms with Crippen LogP contribution in [0.4, 0.5) is 5.95 Å². The maximum atomic E-state index is 12.5. The zero-order chi connectivity index (χ0) is 21.5. The van der Waals surface area contributed by atoms with Gasteiger partial charge in [-0.1, -0.05) is 30.3 Å². The fourth-order valence-electron chi connectivity index (χ4n) is 3.81. The van der Waals surface area contributed by atoms with Gasteiger partial charge in [0.2, 0.25) is 5.95 Å². The van der Waals surface area contributed by atoms with Crippen LogP contribution < -0.4 is 5.56 Å². The summed E-state index contributed by atoms with van der Waals surface area (Å²) in [5.41, 5.74) is 0.935. The number of aromatic amines is 1. The second-order valence-electron chi connectivity index (χ2n) is 7.61. The predicted molar refractivity (Wildman–Crippen MR) is 110 cm³/mol. The SMILES string of the molecule is CN(C)/C=N/c1nc2c(ncn2[C@@H]2O[C@H](CO)[C@H]3OC(c4ccccc4)O[C@H]32)c(=O)[nH]1. The van der Waals surface area contributed by atoms with E-state index >= 15 is 0 Å². The number of rotatable bonds is 5. The number of nitrogens with zero attached hydrogens (tertiary/aromatic N) is 5. The van der Waals surface area contributed by atoms with E-state index in [1.54, 1.807) is 9.47 Å². The topological polar surface area (TPSA) is 127 Å². The summed E-state index contributed by atoms with van der Waals surface area (Å²) in [6.07, 6.45) is 0.166. The minimum Gasteiger partial charge on any atom is -0.394 e. The van der Waals surface area contributed by atoms with Gasteiger partial charge in [-0.25, -0.2) is 9.98 Å². The van der Waals surface area contributed by atoms with Crippen molar-refractivity contribution in [3.05, 3.63) is 52.6 Å². The Kier molecular flexibility index (Phi) is 5.02. The van der Waals surface area contributed by atoms with Gasteiger partial charge < -0.3 is 24.2 Å². The Morgan fingerprint density at radius 1 is 1.23 bits per heavy atom. The van der Waals surface area contributed by atoms with Crippen molar-refractivity contribution in [1.29, 1.82) is 0 Å². The quantitative estimate of drug-likeness (QED) is 0.451. The molecule has 5 atom stereocenters. The molecule has 0 spiro atoms. The average molecular weight is 426 g/mol. The largest absolute Gasteiger partial charge is 0.394 e. The molecule has 162 valence electrons. The molecule has 11 nitrogen and oxygen atoms in total. The summed E-state index contributed by atoms with van der Waals surface area (Å²) in [6.45, 7) is -0.235. The first kappa shape index (κ1) is 19.8. The number of aliphatic imine (C=N–C) groups is 1. The molecule has 0 aliphatic carbocycles. The van der Waals surface area contributed by atoms with Crippen LogP contribution in [-0.4, -0.2) is 74.9 Å². The highest BCUT2D eigenvalue weighted by Crippen LogP contribution is 2.44. The molecule has 0 radical (unpaired) electrons. The third kappa shape index (κ3) is 3.51. The number of imidazole rings is 1. The molecule has 2 saturated heterocycles. The highest BCUT2D eigenvalue weighted by atomic mass is 16.8. The maximum Gasteiger partial charge on any atom is 0.280 e. The molecule has 11 heteroatoms. The monoisotopic (exact) mass is 426 g/mol. The summed E-state index contributed by atoms with van der Waals surface area (Å²) in [4.78, 5) is 29.6. The Morgan fingerprint density at radius 2 is 2.00 bits per heavy atom. The standard InChI is InChI=1S/C20H22N6O5/c1-25(2)9-22-20-23-16-13(17(28)24-20)21-10-26(16)18-15-14(12(8-27)29-18)30-19(31-15)11-6-4-3-5-7-11/h3-7,9-10,12,14-15,18-19,27H,8H2,1-2H3,(H,23,24,28)/b22-9+/t12-,14-,15-,18-,19?/m1/s1. The van der Waals surface area contributed by atoms with Gasteiger partial charge in [-0.15, -0.1) is 0 Å². The number of fused-ring (bicyclic) bond motifs is 2. The minimum atomic E-state index is -0.680. The van der Waals surface area contributed by atoms with Crippen LogP contribution in [0.25, 0.3) is 11.2 Å². The van der Waals surface area contributed by atoms with Crippen molar-refractivity contribution in [3.8, 4) is 0 Å². The fourth-order valence-corrected chi connectivity index (χ4v) is 3.81. The van der Waals surface area contributed by atoms with Gasteiger partial charge in [0.1, 0.15) is 18.3 Å². The van der Waals surface area contributed by atoms with Crippen molar-refractivity contribution < 1.29 is 19.3 Å². The molecule has 2 fully saturated rings. The van der Waals surface area contributed by atoms with Crippen LogP contribution in [-0.2, 0) is 14.2 Å². The van der Waals surface area contributed by atoms with Crippen LogP contribution in [0.1, 0.15) is 18.1 Å². The van der Waals surface area contributed by atoms with Crippen LogP contribution in [0.2, 0.25) is 0 Å². The number of H-pyrrole nitrogens is 1. The lowest BCUT2D eigenvalue weighted by molar-refractivity contribution is -0.153. The van der Waals surface area contributed by atoms with Crippen LogP contribution in [0.3, 0.4) is 0 Å². The molecule has 2 aliphatic rings. The van der Waals surface area contributed by atoms with E-state index in [1.165, 1.54) is 12.7 Å². The lowest BCUT2D eigenvalue weighted by atomic mass is 10.1. The van der Waals surface area contributed by atoms with Crippen LogP contribution in [0.15, 0.2) is 46.4 Å². The molecule has 1 aromatic carbocycles. The number of hydrogen-bond acceptors (Lipinski definition) is 8. The molecule has 2 aromatic heterocycles. The number of aromatic nitrogens is 4. The third-order valence-electron chi connectivity index (χ3n) is 5.20. The number of benzene rings is 1. The van der Waals surface area contributed by atoms with E-state index in [1.807, 2.05) is 44.4 Å². The Morgan fingerprint density at radius 3 is 2.74 bits per heavy atom. The number of nitrogens with one attached hydrogen (secondary N) is 1. The van der Waals surface area contributed by atoms with Crippen molar-refractivity contribution >= 4 is 23.5 Å². The summed E-state index contributed by atoms with van der Waals surface area (Å²) in [5, 5.41) is 9.83. The van der Waals surface area contributed by atoms with E-state index in [2.05, 4.69) is 19.9 Å². The molecular formula is C20H22N6O5. The molecule has 0 bridgehead atoms. The summed E-state index contributed by atoms with van der Waals surface area (Å²) in [5.74, 6) is 0.145. The first-order valence-electron chi connectivity index (χ1n) is 9.85. The molecule has 31 heavy (non-hydrogen) atoms.